The van der Waals surface area contributed by atoms with E-state index in [4.69, 9.17) is 28.5 Å². The summed E-state index contributed by atoms with van der Waals surface area (Å²) in [5, 5.41) is 13.7. The summed E-state index contributed by atoms with van der Waals surface area (Å²) in [6, 6.07) is 6.41. The molecule has 0 saturated heterocycles. The van der Waals surface area contributed by atoms with Crippen LogP contribution in [0.3, 0.4) is 0 Å². The summed E-state index contributed by atoms with van der Waals surface area (Å²) >= 11 is 13.0. The van der Waals surface area contributed by atoms with Crippen LogP contribution in [-0.2, 0) is 0 Å². The van der Waals surface area contributed by atoms with Gasteiger partial charge in [0.2, 0.25) is 0 Å². The van der Waals surface area contributed by atoms with Crippen LogP contribution >= 0.6 is 35.0 Å². The summed E-state index contributed by atoms with van der Waals surface area (Å²) in [7, 11) is 0. The van der Waals surface area contributed by atoms with E-state index >= 15 is 0 Å². The summed E-state index contributed by atoms with van der Waals surface area (Å²) in [5.41, 5.74) is 0.850. The van der Waals surface area contributed by atoms with Crippen molar-refractivity contribution in [2.24, 2.45) is 0 Å². The van der Waals surface area contributed by atoms with Gasteiger partial charge in [0.05, 0.1) is 15.7 Å². The highest BCUT2D eigenvalue weighted by Crippen LogP contribution is 2.37. The SMILES string of the molecule is N#CSc1ccc(NC(=O)c2ccncc2)c(Cl)c1Cl. The van der Waals surface area contributed by atoms with Gasteiger partial charge in [-0.1, -0.05) is 23.2 Å². The maximum absolute atomic E-state index is 12.0. The fourth-order valence-electron chi connectivity index (χ4n) is 1.45. The third-order valence-corrected chi connectivity index (χ3v) is 4.04. The van der Waals surface area contributed by atoms with Crippen molar-refractivity contribution < 1.29 is 4.79 Å². The number of rotatable bonds is 3. The van der Waals surface area contributed by atoms with Crippen LogP contribution in [0.25, 0.3) is 0 Å². The number of thioether (sulfide) groups is 1. The molecule has 0 bridgehead atoms. The number of nitrogens with one attached hydrogen (secondary N) is 1. The van der Waals surface area contributed by atoms with Gasteiger partial charge in [-0.05, 0) is 36.0 Å². The van der Waals surface area contributed by atoms with Gasteiger partial charge in [-0.2, -0.15) is 5.26 Å². The molecule has 0 radical (unpaired) electrons. The molecule has 7 heteroatoms. The first-order valence-corrected chi connectivity index (χ1v) is 6.96. The number of nitriles is 1. The second-order valence-electron chi connectivity index (χ2n) is 3.62. The topological polar surface area (TPSA) is 65.8 Å². The molecule has 0 atom stereocenters. The minimum Gasteiger partial charge on any atom is -0.321 e. The Bertz CT molecular complexity index is 686. The van der Waals surface area contributed by atoms with Crippen molar-refractivity contribution in [3.8, 4) is 5.40 Å². The molecular weight excluding hydrogens is 317 g/mol. The van der Waals surface area contributed by atoms with E-state index in [-0.39, 0.29) is 16.0 Å². The summed E-state index contributed by atoms with van der Waals surface area (Å²) in [6.07, 6.45) is 3.05. The Balaban J connectivity index is 2.25. The Morgan fingerprint density at radius 3 is 2.55 bits per heavy atom. The molecule has 2 rings (SSSR count). The van der Waals surface area contributed by atoms with Gasteiger partial charge in [-0.3, -0.25) is 9.78 Å². The van der Waals surface area contributed by atoms with Crippen molar-refractivity contribution >= 4 is 46.6 Å². The lowest BCUT2D eigenvalue weighted by atomic mass is 10.2. The number of anilines is 1. The van der Waals surface area contributed by atoms with Crippen LogP contribution in [0.2, 0.25) is 10.0 Å². The second kappa shape index (κ2) is 6.62. The zero-order chi connectivity index (χ0) is 14.5. The van der Waals surface area contributed by atoms with Crippen LogP contribution in [0, 0.1) is 10.7 Å². The zero-order valence-corrected chi connectivity index (χ0v) is 12.3. The van der Waals surface area contributed by atoms with Crippen molar-refractivity contribution in [1.29, 1.82) is 5.26 Å². The lowest BCUT2D eigenvalue weighted by molar-refractivity contribution is 0.102. The molecule has 100 valence electrons. The quantitative estimate of drug-likeness (QED) is 0.678. The van der Waals surface area contributed by atoms with Crippen LogP contribution in [0.4, 0.5) is 5.69 Å². The Hall–Kier alpha value is -1.74. The first-order chi connectivity index (χ1) is 9.63. The second-order valence-corrected chi connectivity index (χ2v) is 5.21. The molecule has 2 aromatic rings. The van der Waals surface area contributed by atoms with E-state index in [0.717, 1.165) is 11.8 Å². The predicted octanol–water partition coefficient (Wildman–Crippen LogP) is 4.21. The Kier molecular flexibility index (Phi) is 4.85. The molecule has 0 fully saturated rings. The van der Waals surface area contributed by atoms with E-state index in [1.54, 1.807) is 24.3 Å². The number of halogens is 2. The molecule has 0 aliphatic carbocycles. The lowest BCUT2D eigenvalue weighted by Gasteiger charge is -2.10. The van der Waals surface area contributed by atoms with Crippen molar-refractivity contribution in [3.05, 3.63) is 52.3 Å². The highest BCUT2D eigenvalue weighted by molar-refractivity contribution is 8.03. The minimum absolute atomic E-state index is 0.203. The highest BCUT2D eigenvalue weighted by atomic mass is 35.5. The van der Waals surface area contributed by atoms with Gasteiger partial charge in [0.15, 0.2) is 0 Å². The third kappa shape index (κ3) is 3.23. The van der Waals surface area contributed by atoms with E-state index in [2.05, 4.69) is 10.3 Å². The molecule has 0 aliphatic rings. The normalized spacial score (nSPS) is 9.85. The monoisotopic (exact) mass is 323 g/mol. The molecular formula is C13H7Cl2N3OS. The van der Waals surface area contributed by atoms with E-state index in [9.17, 15) is 4.79 Å². The van der Waals surface area contributed by atoms with E-state index in [0.29, 0.717) is 16.1 Å². The molecule has 1 aromatic carbocycles. The lowest BCUT2D eigenvalue weighted by Crippen LogP contribution is -2.12. The summed E-state index contributed by atoms with van der Waals surface area (Å²) in [6.45, 7) is 0. The highest BCUT2D eigenvalue weighted by Gasteiger charge is 2.13. The number of benzene rings is 1. The third-order valence-electron chi connectivity index (χ3n) is 2.39. The van der Waals surface area contributed by atoms with Crippen LogP contribution in [-0.4, -0.2) is 10.9 Å². The minimum atomic E-state index is -0.314. The summed E-state index contributed by atoms with van der Waals surface area (Å²) in [4.78, 5) is 16.4. The number of aromatic nitrogens is 1. The molecule has 1 aromatic heterocycles. The Morgan fingerprint density at radius 2 is 1.90 bits per heavy atom. The number of carbonyl (C=O) groups is 1. The van der Waals surface area contributed by atoms with E-state index in [1.807, 2.05) is 5.40 Å². The number of nitrogens with zero attached hydrogens (tertiary/aromatic N) is 2. The van der Waals surface area contributed by atoms with Crippen LogP contribution in [0.5, 0.6) is 0 Å². The standard InChI is InChI=1S/C13H7Cl2N3OS/c14-11-9(1-2-10(12(11)15)20-7-16)18-13(19)8-3-5-17-6-4-8/h1-6H,(H,18,19). The fraction of sp³-hybridized carbons (Fsp3) is 0. The number of pyridine rings is 1. The molecule has 1 N–H and O–H groups in total. The van der Waals surface area contributed by atoms with E-state index < -0.39 is 0 Å². The van der Waals surface area contributed by atoms with Gasteiger partial charge in [-0.15, -0.1) is 0 Å². The predicted molar refractivity (Wildman–Crippen MR) is 80.1 cm³/mol. The summed E-state index contributed by atoms with van der Waals surface area (Å²) < 4.78 is 0. The number of hydrogen-bond acceptors (Lipinski definition) is 4. The van der Waals surface area contributed by atoms with Gasteiger partial charge in [-0.25, -0.2) is 0 Å². The molecule has 4 nitrogen and oxygen atoms in total. The number of thiocyanates is 1. The zero-order valence-electron chi connectivity index (χ0n) is 9.93. The number of carbonyl (C=O) groups excluding carboxylic acids is 1. The first-order valence-electron chi connectivity index (χ1n) is 5.39. The van der Waals surface area contributed by atoms with E-state index in [1.165, 1.54) is 12.4 Å². The molecule has 1 heterocycles. The molecule has 0 aliphatic heterocycles. The van der Waals surface area contributed by atoms with Crippen molar-refractivity contribution in [3.63, 3.8) is 0 Å². The Labute approximate surface area is 129 Å². The van der Waals surface area contributed by atoms with Crippen molar-refractivity contribution in [2.75, 3.05) is 5.32 Å². The van der Waals surface area contributed by atoms with Crippen LogP contribution in [0.15, 0.2) is 41.6 Å². The van der Waals surface area contributed by atoms with Crippen molar-refractivity contribution in [2.45, 2.75) is 4.90 Å². The summed E-state index contributed by atoms with van der Waals surface area (Å²) in [5.74, 6) is -0.314. The van der Waals surface area contributed by atoms with Gasteiger partial charge >= 0.3 is 0 Å². The van der Waals surface area contributed by atoms with Gasteiger partial charge < -0.3 is 5.32 Å². The maximum atomic E-state index is 12.0. The molecule has 0 unspecified atom stereocenters. The van der Waals surface area contributed by atoms with Gasteiger partial charge in [0, 0.05) is 22.9 Å². The van der Waals surface area contributed by atoms with Crippen LogP contribution in [0.1, 0.15) is 10.4 Å². The molecule has 20 heavy (non-hydrogen) atoms. The largest absolute Gasteiger partial charge is 0.321 e. The number of amides is 1. The number of hydrogen-bond donors (Lipinski definition) is 1. The molecule has 0 saturated carbocycles. The van der Waals surface area contributed by atoms with Gasteiger partial charge in [0.25, 0.3) is 5.91 Å². The van der Waals surface area contributed by atoms with Crippen LogP contribution < -0.4 is 5.32 Å². The maximum Gasteiger partial charge on any atom is 0.255 e. The van der Waals surface area contributed by atoms with Gasteiger partial charge in [0.1, 0.15) is 5.40 Å². The molecule has 0 spiro atoms. The van der Waals surface area contributed by atoms with Crippen molar-refractivity contribution in [1.82, 2.24) is 4.98 Å². The smallest absolute Gasteiger partial charge is 0.255 e. The Morgan fingerprint density at radius 1 is 1.20 bits per heavy atom. The first kappa shape index (κ1) is 14.7. The molecule has 1 amide bonds. The fourth-order valence-corrected chi connectivity index (χ4v) is 2.43. The average Bonchev–Trinajstić information content (AvgIpc) is 2.48. The average molecular weight is 324 g/mol.